The van der Waals surface area contributed by atoms with E-state index in [1.165, 1.54) is 4.57 Å². The fraction of sp³-hybridized carbons (Fsp3) is 0.211. The van der Waals surface area contributed by atoms with Crippen LogP contribution in [0.4, 0.5) is 5.95 Å². The van der Waals surface area contributed by atoms with Crippen molar-refractivity contribution in [3.8, 4) is 5.75 Å². The van der Waals surface area contributed by atoms with Gasteiger partial charge in [0.2, 0.25) is 5.95 Å². The van der Waals surface area contributed by atoms with Crippen molar-refractivity contribution >= 4 is 22.8 Å². The third-order valence-corrected chi connectivity index (χ3v) is 3.90. The van der Waals surface area contributed by atoms with Crippen LogP contribution >= 0.6 is 0 Å². The molecule has 0 atom stereocenters. The lowest BCUT2D eigenvalue weighted by Gasteiger charge is -2.15. The third-order valence-electron chi connectivity index (χ3n) is 3.90. The van der Waals surface area contributed by atoms with Crippen molar-refractivity contribution in [1.82, 2.24) is 15.0 Å². The monoisotopic (exact) mass is 352 g/mol. The number of carbonyl (C=O) groups is 1. The first-order valence-corrected chi connectivity index (χ1v) is 8.43. The van der Waals surface area contributed by atoms with Crippen molar-refractivity contribution in [2.24, 2.45) is 0 Å². The summed E-state index contributed by atoms with van der Waals surface area (Å²) in [5, 5.41) is 0.535. The molecule has 7 heteroatoms. The minimum atomic E-state index is -0.376. The summed E-state index contributed by atoms with van der Waals surface area (Å²) in [5.41, 5.74) is 6.15. The molecule has 3 rings (SSSR count). The molecule has 0 saturated carbocycles. The number of carbonyl (C=O) groups excluding carboxylic acids is 1. The van der Waals surface area contributed by atoms with E-state index in [-0.39, 0.29) is 17.4 Å². The lowest BCUT2D eigenvalue weighted by molar-refractivity contribution is 0.0958. The van der Waals surface area contributed by atoms with Gasteiger partial charge in [0.25, 0.3) is 11.5 Å². The van der Waals surface area contributed by atoms with Gasteiger partial charge < -0.3 is 4.74 Å². The van der Waals surface area contributed by atoms with Crippen molar-refractivity contribution in [2.75, 3.05) is 12.0 Å². The SMILES string of the molecule is CCOc1ccccc1C(=O)NNc1nc2ccccc2c(=O)n1CC. The Morgan fingerprint density at radius 3 is 2.62 bits per heavy atom. The molecule has 1 heterocycles. The van der Waals surface area contributed by atoms with E-state index in [9.17, 15) is 9.59 Å². The molecule has 7 nitrogen and oxygen atoms in total. The van der Waals surface area contributed by atoms with Gasteiger partial charge in [-0.1, -0.05) is 24.3 Å². The average molecular weight is 352 g/mol. The molecule has 1 amide bonds. The second kappa shape index (κ2) is 7.69. The number of nitrogens with zero attached hydrogens (tertiary/aromatic N) is 2. The molecule has 0 aliphatic heterocycles. The minimum Gasteiger partial charge on any atom is -0.493 e. The van der Waals surface area contributed by atoms with E-state index in [1.807, 2.05) is 19.9 Å². The van der Waals surface area contributed by atoms with E-state index >= 15 is 0 Å². The molecule has 0 bridgehead atoms. The van der Waals surface area contributed by atoms with Gasteiger partial charge in [-0.25, -0.2) is 4.98 Å². The highest BCUT2D eigenvalue weighted by molar-refractivity contribution is 5.97. The van der Waals surface area contributed by atoms with Gasteiger partial charge >= 0.3 is 0 Å². The zero-order valence-electron chi connectivity index (χ0n) is 14.7. The number of hydrazine groups is 1. The highest BCUT2D eigenvalue weighted by atomic mass is 16.5. The molecule has 3 aromatic rings. The second-order valence-corrected chi connectivity index (χ2v) is 5.51. The van der Waals surface area contributed by atoms with Crippen LogP contribution in [0.3, 0.4) is 0 Å². The molecular formula is C19H20N4O3. The molecule has 0 saturated heterocycles. The van der Waals surface area contributed by atoms with Crippen LogP contribution in [0.1, 0.15) is 24.2 Å². The van der Waals surface area contributed by atoms with Gasteiger partial charge in [0.05, 0.1) is 23.1 Å². The number of hydrogen-bond donors (Lipinski definition) is 2. The van der Waals surface area contributed by atoms with Gasteiger partial charge in [-0.05, 0) is 38.1 Å². The molecule has 26 heavy (non-hydrogen) atoms. The quantitative estimate of drug-likeness (QED) is 0.666. The number of amides is 1. The predicted molar refractivity (Wildman–Crippen MR) is 100 cm³/mol. The van der Waals surface area contributed by atoms with Gasteiger partial charge in [0, 0.05) is 6.54 Å². The van der Waals surface area contributed by atoms with Crippen LogP contribution in [-0.4, -0.2) is 22.1 Å². The lowest BCUT2D eigenvalue weighted by atomic mass is 10.2. The van der Waals surface area contributed by atoms with Crippen LogP contribution in [0.2, 0.25) is 0 Å². The molecule has 0 aliphatic carbocycles. The summed E-state index contributed by atoms with van der Waals surface area (Å²) in [5.74, 6) is 0.395. The summed E-state index contributed by atoms with van der Waals surface area (Å²) < 4.78 is 6.94. The molecule has 0 spiro atoms. The Bertz CT molecular complexity index is 997. The number of anilines is 1. The molecule has 2 aromatic carbocycles. The maximum atomic E-state index is 12.6. The van der Waals surface area contributed by atoms with Crippen molar-refractivity contribution < 1.29 is 9.53 Å². The van der Waals surface area contributed by atoms with Crippen LogP contribution in [0.15, 0.2) is 53.3 Å². The Morgan fingerprint density at radius 1 is 1.12 bits per heavy atom. The fourth-order valence-corrected chi connectivity index (χ4v) is 2.67. The number of fused-ring (bicyclic) bond motifs is 1. The molecule has 134 valence electrons. The van der Waals surface area contributed by atoms with E-state index in [0.717, 1.165) is 0 Å². The van der Waals surface area contributed by atoms with Crippen LogP contribution in [-0.2, 0) is 6.54 Å². The fourth-order valence-electron chi connectivity index (χ4n) is 2.67. The van der Waals surface area contributed by atoms with Gasteiger partial charge in [0.15, 0.2) is 0 Å². The molecule has 0 radical (unpaired) electrons. The highest BCUT2D eigenvalue weighted by Gasteiger charge is 2.14. The summed E-state index contributed by atoms with van der Waals surface area (Å²) in [6, 6.07) is 14.1. The summed E-state index contributed by atoms with van der Waals surface area (Å²) >= 11 is 0. The van der Waals surface area contributed by atoms with Crippen LogP contribution in [0.5, 0.6) is 5.75 Å². The van der Waals surface area contributed by atoms with Gasteiger partial charge in [0.1, 0.15) is 5.75 Å². The van der Waals surface area contributed by atoms with Crippen molar-refractivity contribution in [3.05, 3.63) is 64.4 Å². The Kier molecular flexibility index (Phi) is 5.17. The number of aromatic nitrogens is 2. The Labute approximate surface area is 150 Å². The summed E-state index contributed by atoms with van der Waals surface area (Å²) in [4.78, 5) is 29.5. The van der Waals surface area contributed by atoms with Crippen LogP contribution in [0.25, 0.3) is 10.9 Å². The number of hydrogen-bond acceptors (Lipinski definition) is 5. The highest BCUT2D eigenvalue weighted by Crippen LogP contribution is 2.18. The molecular weight excluding hydrogens is 332 g/mol. The zero-order chi connectivity index (χ0) is 18.5. The van der Waals surface area contributed by atoms with Crippen molar-refractivity contribution in [3.63, 3.8) is 0 Å². The van der Waals surface area contributed by atoms with Crippen LogP contribution < -0.4 is 21.1 Å². The zero-order valence-corrected chi connectivity index (χ0v) is 14.7. The standard InChI is InChI=1S/C19H20N4O3/c1-3-23-18(25)13-9-5-7-11-15(13)20-19(23)22-21-17(24)14-10-6-8-12-16(14)26-4-2/h5-12H,3-4H2,1-2H3,(H,20,22)(H,21,24). The number of nitrogens with one attached hydrogen (secondary N) is 2. The van der Waals surface area contributed by atoms with E-state index < -0.39 is 0 Å². The molecule has 1 aromatic heterocycles. The maximum Gasteiger partial charge on any atom is 0.273 e. The minimum absolute atomic E-state index is 0.162. The van der Waals surface area contributed by atoms with E-state index in [0.29, 0.717) is 35.4 Å². The molecule has 2 N–H and O–H groups in total. The maximum absolute atomic E-state index is 12.6. The van der Waals surface area contributed by atoms with Crippen molar-refractivity contribution in [1.29, 1.82) is 0 Å². The van der Waals surface area contributed by atoms with E-state index in [4.69, 9.17) is 4.74 Å². The first-order valence-electron chi connectivity index (χ1n) is 8.43. The normalized spacial score (nSPS) is 10.5. The molecule has 0 fully saturated rings. The van der Waals surface area contributed by atoms with E-state index in [1.54, 1.807) is 42.5 Å². The summed E-state index contributed by atoms with van der Waals surface area (Å²) in [6.45, 7) is 4.57. The topological polar surface area (TPSA) is 85.2 Å². The number of para-hydroxylation sites is 2. The largest absolute Gasteiger partial charge is 0.493 e. The van der Waals surface area contributed by atoms with Gasteiger partial charge in [-0.2, -0.15) is 0 Å². The Balaban J connectivity index is 1.88. The summed E-state index contributed by atoms with van der Waals surface area (Å²) in [7, 11) is 0. The first-order chi connectivity index (χ1) is 12.7. The lowest BCUT2D eigenvalue weighted by Crippen LogP contribution is -2.34. The molecule has 0 aliphatic rings. The Morgan fingerprint density at radius 2 is 1.85 bits per heavy atom. The Hall–Kier alpha value is -3.35. The predicted octanol–water partition coefficient (Wildman–Crippen LogP) is 2.57. The first kappa shape index (κ1) is 17.5. The van der Waals surface area contributed by atoms with Crippen molar-refractivity contribution in [2.45, 2.75) is 20.4 Å². The number of rotatable bonds is 6. The van der Waals surface area contributed by atoms with Gasteiger partial charge in [-0.3, -0.25) is 25.0 Å². The van der Waals surface area contributed by atoms with Crippen LogP contribution in [0, 0.1) is 0 Å². The average Bonchev–Trinajstić information content (AvgIpc) is 2.67. The molecule has 0 unspecified atom stereocenters. The third kappa shape index (κ3) is 3.37. The number of ether oxygens (including phenoxy) is 1. The van der Waals surface area contributed by atoms with Gasteiger partial charge in [-0.15, -0.1) is 0 Å². The summed E-state index contributed by atoms with van der Waals surface area (Å²) in [6.07, 6.45) is 0. The smallest absolute Gasteiger partial charge is 0.273 e. The van der Waals surface area contributed by atoms with E-state index in [2.05, 4.69) is 15.8 Å². The second-order valence-electron chi connectivity index (χ2n) is 5.51. The number of benzene rings is 2.